The number of hydrazine groups is 1. The van der Waals surface area contributed by atoms with Crippen LogP contribution in [0.15, 0.2) is 24.3 Å². The van der Waals surface area contributed by atoms with E-state index in [1.807, 2.05) is 6.92 Å². The van der Waals surface area contributed by atoms with Crippen LogP contribution in [0, 0.1) is 6.92 Å². The zero-order valence-electron chi connectivity index (χ0n) is 12.0. The summed E-state index contributed by atoms with van der Waals surface area (Å²) in [4.78, 5) is 9.23. The molecule has 3 N–H and O–H groups in total. The number of aryl methyl sites for hydroxylation is 1. The minimum absolute atomic E-state index is 0.712. The normalized spacial score (nSPS) is 14.3. The van der Waals surface area contributed by atoms with Gasteiger partial charge in [-0.15, -0.1) is 0 Å². The highest BCUT2D eigenvalue weighted by Crippen LogP contribution is 2.40. The number of nitrogens with two attached hydrogens (primary N) is 1. The molecule has 104 valence electrons. The first-order valence-corrected chi connectivity index (χ1v) is 7.17. The van der Waals surface area contributed by atoms with Crippen molar-refractivity contribution in [2.75, 3.05) is 5.43 Å². The fourth-order valence-electron chi connectivity index (χ4n) is 2.53. The van der Waals surface area contributed by atoms with E-state index in [9.17, 15) is 0 Å². The summed E-state index contributed by atoms with van der Waals surface area (Å²) in [6, 6.07) is 8.56. The third-order valence-corrected chi connectivity index (χ3v) is 3.91. The first-order valence-electron chi connectivity index (χ1n) is 7.17. The van der Waals surface area contributed by atoms with Crippen molar-refractivity contribution in [3.8, 4) is 11.4 Å². The van der Waals surface area contributed by atoms with Gasteiger partial charge in [0.2, 0.25) is 0 Å². The molecule has 1 aromatic heterocycles. The zero-order chi connectivity index (χ0) is 14.1. The summed E-state index contributed by atoms with van der Waals surface area (Å²) in [5.41, 5.74) is 7.21. The van der Waals surface area contributed by atoms with Crippen LogP contribution in [0.1, 0.15) is 42.5 Å². The number of nitrogen functional groups attached to an aromatic ring is 1. The van der Waals surface area contributed by atoms with E-state index in [0.717, 1.165) is 35.0 Å². The van der Waals surface area contributed by atoms with Crippen molar-refractivity contribution >= 4 is 5.82 Å². The lowest BCUT2D eigenvalue weighted by Gasteiger charge is -2.11. The molecule has 1 aliphatic rings. The summed E-state index contributed by atoms with van der Waals surface area (Å²) < 4.78 is 0. The SMILES string of the molecule is CCc1nc(-c2cccc(C3CC3)c2)nc(NN)c1C. The highest BCUT2D eigenvalue weighted by Gasteiger charge is 2.23. The molecule has 2 aromatic rings. The van der Waals surface area contributed by atoms with Crippen molar-refractivity contribution in [3.05, 3.63) is 41.1 Å². The van der Waals surface area contributed by atoms with Crippen molar-refractivity contribution in [3.63, 3.8) is 0 Å². The van der Waals surface area contributed by atoms with Crippen molar-refractivity contribution in [2.24, 2.45) is 5.84 Å². The largest absolute Gasteiger partial charge is 0.308 e. The third kappa shape index (κ3) is 2.39. The van der Waals surface area contributed by atoms with E-state index >= 15 is 0 Å². The molecule has 0 amide bonds. The summed E-state index contributed by atoms with van der Waals surface area (Å²) in [7, 11) is 0. The Bertz CT molecular complexity index is 607. The van der Waals surface area contributed by atoms with Gasteiger partial charge in [0, 0.05) is 16.8 Å². The van der Waals surface area contributed by atoms with E-state index in [0.29, 0.717) is 5.82 Å². The summed E-state index contributed by atoms with van der Waals surface area (Å²) in [6.07, 6.45) is 3.47. The Hall–Kier alpha value is -1.94. The van der Waals surface area contributed by atoms with Crippen molar-refractivity contribution in [1.82, 2.24) is 9.97 Å². The minimum atomic E-state index is 0.712. The molecule has 0 unspecified atom stereocenters. The molecular weight excluding hydrogens is 248 g/mol. The molecule has 1 heterocycles. The first-order chi connectivity index (χ1) is 9.72. The third-order valence-electron chi connectivity index (χ3n) is 3.91. The molecule has 0 atom stereocenters. The van der Waals surface area contributed by atoms with Crippen LogP contribution >= 0.6 is 0 Å². The van der Waals surface area contributed by atoms with Gasteiger partial charge in [-0.3, -0.25) is 0 Å². The lowest BCUT2D eigenvalue weighted by atomic mass is 10.1. The molecule has 0 radical (unpaired) electrons. The van der Waals surface area contributed by atoms with Gasteiger partial charge >= 0.3 is 0 Å². The second-order valence-corrected chi connectivity index (χ2v) is 5.37. The van der Waals surface area contributed by atoms with Crippen LogP contribution in [-0.2, 0) is 6.42 Å². The molecule has 4 nitrogen and oxygen atoms in total. The van der Waals surface area contributed by atoms with Gasteiger partial charge in [0.1, 0.15) is 5.82 Å². The van der Waals surface area contributed by atoms with Crippen LogP contribution in [0.25, 0.3) is 11.4 Å². The zero-order valence-corrected chi connectivity index (χ0v) is 12.0. The van der Waals surface area contributed by atoms with Crippen LogP contribution in [0.4, 0.5) is 5.82 Å². The average Bonchev–Trinajstić information content (AvgIpc) is 3.32. The standard InChI is InChI=1S/C16H20N4/c1-3-14-10(2)15(20-17)19-16(18-14)13-6-4-5-12(9-13)11-7-8-11/h4-6,9,11H,3,7-8,17H2,1-2H3,(H,18,19,20). The summed E-state index contributed by atoms with van der Waals surface area (Å²) in [5.74, 6) is 7.77. The molecule has 1 fully saturated rings. The summed E-state index contributed by atoms with van der Waals surface area (Å²) >= 11 is 0. The minimum Gasteiger partial charge on any atom is -0.308 e. The van der Waals surface area contributed by atoms with Gasteiger partial charge in [0.15, 0.2) is 5.82 Å². The quantitative estimate of drug-likeness (QED) is 0.660. The fourth-order valence-corrected chi connectivity index (χ4v) is 2.53. The predicted molar refractivity (Wildman–Crippen MR) is 81.4 cm³/mol. The smallest absolute Gasteiger partial charge is 0.161 e. The molecular formula is C16H20N4. The van der Waals surface area contributed by atoms with Gasteiger partial charge in [-0.05, 0) is 43.7 Å². The van der Waals surface area contributed by atoms with E-state index in [-0.39, 0.29) is 0 Å². The van der Waals surface area contributed by atoms with E-state index in [1.54, 1.807) is 0 Å². The second kappa shape index (κ2) is 5.21. The Morgan fingerprint density at radius 2 is 2.10 bits per heavy atom. The molecule has 0 aliphatic heterocycles. The molecule has 20 heavy (non-hydrogen) atoms. The van der Waals surface area contributed by atoms with Gasteiger partial charge < -0.3 is 5.43 Å². The molecule has 0 spiro atoms. The number of benzene rings is 1. The van der Waals surface area contributed by atoms with Crippen LogP contribution in [-0.4, -0.2) is 9.97 Å². The Kier molecular flexibility index (Phi) is 3.40. The highest BCUT2D eigenvalue weighted by molar-refractivity contribution is 5.60. The second-order valence-electron chi connectivity index (χ2n) is 5.37. The monoisotopic (exact) mass is 268 g/mol. The van der Waals surface area contributed by atoms with Crippen molar-refractivity contribution < 1.29 is 0 Å². The molecule has 1 saturated carbocycles. The maximum Gasteiger partial charge on any atom is 0.161 e. The molecule has 0 bridgehead atoms. The number of aromatic nitrogens is 2. The number of rotatable bonds is 4. The fraction of sp³-hybridized carbons (Fsp3) is 0.375. The Morgan fingerprint density at radius 1 is 1.30 bits per heavy atom. The van der Waals surface area contributed by atoms with Gasteiger partial charge in [-0.2, -0.15) is 0 Å². The number of anilines is 1. The predicted octanol–water partition coefficient (Wildman–Crippen LogP) is 3.18. The van der Waals surface area contributed by atoms with Gasteiger partial charge in [0.05, 0.1) is 0 Å². The van der Waals surface area contributed by atoms with Crippen LogP contribution in [0.5, 0.6) is 0 Å². The number of nitrogens with zero attached hydrogens (tertiary/aromatic N) is 2. The lowest BCUT2D eigenvalue weighted by Crippen LogP contribution is -2.13. The molecule has 4 heteroatoms. The van der Waals surface area contributed by atoms with E-state index < -0.39 is 0 Å². The molecule has 1 aromatic carbocycles. The van der Waals surface area contributed by atoms with E-state index in [1.165, 1.54) is 18.4 Å². The maximum atomic E-state index is 5.57. The van der Waals surface area contributed by atoms with E-state index in [4.69, 9.17) is 5.84 Å². The van der Waals surface area contributed by atoms with Crippen LogP contribution < -0.4 is 11.3 Å². The Morgan fingerprint density at radius 3 is 2.75 bits per heavy atom. The summed E-state index contributed by atoms with van der Waals surface area (Å²) in [6.45, 7) is 4.10. The number of hydrogen-bond donors (Lipinski definition) is 2. The van der Waals surface area contributed by atoms with Crippen LogP contribution in [0.3, 0.4) is 0 Å². The maximum absolute atomic E-state index is 5.57. The van der Waals surface area contributed by atoms with Crippen LogP contribution in [0.2, 0.25) is 0 Å². The van der Waals surface area contributed by atoms with Gasteiger partial charge in [-0.1, -0.05) is 25.1 Å². The topological polar surface area (TPSA) is 63.8 Å². The van der Waals surface area contributed by atoms with E-state index in [2.05, 4.69) is 46.6 Å². The summed E-state index contributed by atoms with van der Waals surface area (Å²) in [5, 5.41) is 0. The number of hydrogen-bond acceptors (Lipinski definition) is 4. The Labute approximate surface area is 119 Å². The van der Waals surface area contributed by atoms with Crippen molar-refractivity contribution in [2.45, 2.75) is 39.0 Å². The number of nitrogens with one attached hydrogen (secondary N) is 1. The van der Waals surface area contributed by atoms with Gasteiger partial charge in [-0.25, -0.2) is 15.8 Å². The highest BCUT2D eigenvalue weighted by atomic mass is 15.3. The lowest BCUT2D eigenvalue weighted by molar-refractivity contribution is 0.972. The van der Waals surface area contributed by atoms with Gasteiger partial charge in [0.25, 0.3) is 0 Å². The first kappa shape index (κ1) is 13.1. The Balaban J connectivity index is 2.06. The van der Waals surface area contributed by atoms with Crippen molar-refractivity contribution in [1.29, 1.82) is 0 Å². The average molecular weight is 268 g/mol. The molecule has 3 rings (SSSR count). The molecule has 1 aliphatic carbocycles. The molecule has 0 saturated heterocycles.